The lowest BCUT2D eigenvalue weighted by Crippen LogP contribution is -2.19. The van der Waals surface area contributed by atoms with E-state index in [1.54, 1.807) is 6.07 Å². The highest BCUT2D eigenvalue weighted by Crippen LogP contribution is 2.24. The van der Waals surface area contributed by atoms with Gasteiger partial charge in [-0.15, -0.1) is 0 Å². The van der Waals surface area contributed by atoms with Crippen molar-refractivity contribution in [3.63, 3.8) is 0 Å². The van der Waals surface area contributed by atoms with E-state index in [2.05, 4.69) is 37.2 Å². The van der Waals surface area contributed by atoms with Crippen molar-refractivity contribution in [1.82, 2.24) is 5.32 Å². The van der Waals surface area contributed by atoms with Crippen molar-refractivity contribution in [2.75, 3.05) is 7.05 Å². The van der Waals surface area contributed by atoms with Gasteiger partial charge in [-0.25, -0.2) is 4.39 Å². The molecule has 0 saturated heterocycles. The molecule has 2 nitrogen and oxygen atoms in total. The molecule has 1 N–H and O–H groups in total. The van der Waals surface area contributed by atoms with Gasteiger partial charge in [0.15, 0.2) is 0 Å². The summed E-state index contributed by atoms with van der Waals surface area (Å²) in [5.41, 5.74) is 0.0192. The molecule has 1 aromatic carbocycles. The number of hydrogen-bond donors (Lipinski definition) is 1. The Morgan fingerprint density at radius 1 is 1.46 bits per heavy atom. The van der Waals surface area contributed by atoms with E-state index in [1.807, 2.05) is 0 Å². The Balaban J connectivity index is 3.28. The molecule has 70 valence electrons. The maximum atomic E-state index is 13.2. The van der Waals surface area contributed by atoms with E-state index in [9.17, 15) is 9.18 Å². The maximum absolute atomic E-state index is 13.2. The molecular weight excluding hydrogens is 305 g/mol. The van der Waals surface area contributed by atoms with E-state index >= 15 is 0 Å². The van der Waals surface area contributed by atoms with Gasteiger partial charge in [-0.3, -0.25) is 4.79 Å². The number of carbonyl (C=O) groups excluding carboxylic acids is 1. The summed E-state index contributed by atoms with van der Waals surface area (Å²) in [7, 11) is 1.45. The fraction of sp³-hybridized carbons (Fsp3) is 0.125. The molecule has 13 heavy (non-hydrogen) atoms. The van der Waals surface area contributed by atoms with Crippen LogP contribution in [0.4, 0.5) is 4.39 Å². The van der Waals surface area contributed by atoms with Gasteiger partial charge in [0.1, 0.15) is 5.82 Å². The van der Waals surface area contributed by atoms with Crippen molar-refractivity contribution in [1.29, 1.82) is 0 Å². The SMILES string of the molecule is CNC(=O)c1c(F)cc(Br)cc1Br. The molecule has 0 radical (unpaired) electrons. The molecule has 0 saturated carbocycles. The Hall–Kier alpha value is -0.420. The van der Waals surface area contributed by atoms with Crippen LogP contribution >= 0.6 is 31.9 Å². The van der Waals surface area contributed by atoms with Crippen LogP contribution in [0.3, 0.4) is 0 Å². The molecule has 5 heteroatoms. The standard InChI is InChI=1S/C8H6Br2FNO/c1-12-8(13)7-5(10)2-4(9)3-6(7)11/h2-3H,1H3,(H,12,13). The second-order valence-corrected chi connectivity index (χ2v) is 4.09. The van der Waals surface area contributed by atoms with Crippen LogP contribution in [0.15, 0.2) is 21.1 Å². The largest absolute Gasteiger partial charge is 0.355 e. The van der Waals surface area contributed by atoms with E-state index in [1.165, 1.54) is 13.1 Å². The number of rotatable bonds is 1. The molecule has 1 rings (SSSR count). The second-order valence-electron chi connectivity index (χ2n) is 2.32. The van der Waals surface area contributed by atoms with Crippen LogP contribution in [-0.2, 0) is 0 Å². The van der Waals surface area contributed by atoms with Crippen LogP contribution in [0.25, 0.3) is 0 Å². The minimum atomic E-state index is -0.555. The lowest BCUT2D eigenvalue weighted by molar-refractivity contribution is 0.0958. The third kappa shape index (κ3) is 2.28. The van der Waals surface area contributed by atoms with Crippen molar-refractivity contribution >= 4 is 37.8 Å². The molecule has 0 unspecified atom stereocenters. The van der Waals surface area contributed by atoms with Gasteiger partial charge >= 0.3 is 0 Å². The minimum absolute atomic E-state index is 0.0192. The quantitative estimate of drug-likeness (QED) is 0.849. The van der Waals surface area contributed by atoms with Crippen molar-refractivity contribution in [2.24, 2.45) is 0 Å². The highest BCUT2D eigenvalue weighted by atomic mass is 79.9. The van der Waals surface area contributed by atoms with Crippen LogP contribution < -0.4 is 5.32 Å². The predicted octanol–water partition coefficient (Wildman–Crippen LogP) is 2.71. The average molecular weight is 311 g/mol. The fourth-order valence-electron chi connectivity index (χ4n) is 0.884. The van der Waals surface area contributed by atoms with Crippen LogP contribution in [-0.4, -0.2) is 13.0 Å². The molecule has 1 aromatic rings. The Kier molecular flexibility index (Phi) is 3.44. The summed E-state index contributed by atoms with van der Waals surface area (Å²) in [6, 6.07) is 2.86. The molecule has 0 bridgehead atoms. The summed E-state index contributed by atoms with van der Waals surface area (Å²) in [6.45, 7) is 0. The van der Waals surface area contributed by atoms with Crippen molar-refractivity contribution in [3.8, 4) is 0 Å². The third-order valence-electron chi connectivity index (χ3n) is 1.46. The number of amides is 1. The number of nitrogens with one attached hydrogen (secondary N) is 1. The topological polar surface area (TPSA) is 29.1 Å². The molecular formula is C8H6Br2FNO. The number of benzene rings is 1. The smallest absolute Gasteiger partial charge is 0.255 e. The molecule has 0 spiro atoms. The minimum Gasteiger partial charge on any atom is -0.355 e. The van der Waals surface area contributed by atoms with E-state index < -0.39 is 11.7 Å². The summed E-state index contributed by atoms with van der Waals surface area (Å²) in [5, 5.41) is 2.36. The first-order valence-corrected chi connectivity index (χ1v) is 5.01. The highest BCUT2D eigenvalue weighted by molar-refractivity contribution is 9.11. The van der Waals surface area contributed by atoms with Crippen molar-refractivity contribution in [3.05, 3.63) is 32.5 Å². The molecule has 0 aliphatic carbocycles. The molecule has 0 aliphatic heterocycles. The van der Waals surface area contributed by atoms with E-state index in [4.69, 9.17) is 0 Å². The zero-order valence-corrected chi connectivity index (χ0v) is 9.87. The number of halogens is 3. The Morgan fingerprint density at radius 3 is 2.54 bits per heavy atom. The molecule has 0 aromatic heterocycles. The summed E-state index contributed by atoms with van der Waals surface area (Å²) in [5.74, 6) is -1.00. The third-order valence-corrected chi connectivity index (χ3v) is 2.54. The van der Waals surface area contributed by atoms with Gasteiger partial charge in [-0.1, -0.05) is 15.9 Å². The van der Waals surface area contributed by atoms with Crippen LogP contribution in [0.5, 0.6) is 0 Å². The Labute approximate surface area is 91.8 Å². The van der Waals surface area contributed by atoms with Crippen molar-refractivity contribution < 1.29 is 9.18 Å². The molecule has 0 atom stereocenters. The van der Waals surface area contributed by atoms with Gasteiger partial charge in [-0.05, 0) is 28.1 Å². The summed E-state index contributed by atoms with van der Waals surface area (Å²) in [6.07, 6.45) is 0. The maximum Gasteiger partial charge on any atom is 0.255 e. The highest BCUT2D eigenvalue weighted by Gasteiger charge is 2.14. The van der Waals surface area contributed by atoms with Crippen molar-refractivity contribution in [2.45, 2.75) is 0 Å². The molecule has 0 aliphatic rings. The lowest BCUT2D eigenvalue weighted by atomic mass is 10.2. The first kappa shape index (κ1) is 10.7. The van der Waals surface area contributed by atoms with Gasteiger partial charge in [-0.2, -0.15) is 0 Å². The van der Waals surface area contributed by atoms with E-state index in [0.29, 0.717) is 8.95 Å². The Morgan fingerprint density at radius 2 is 2.08 bits per heavy atom. The predicted molar refractivity (Wildman–Crippen MR) is 55.2 cm³/mol. The summed E-state index contributed by atoms with van der Waals surface area (Å²) in [4.78, 5) is 11.2. The zero-order valence-electron chi connectivity index (χ0n) is 6.70. The van der Waals surface area contributed by atoms with E-state index in [-0.39, 0.29) is 5.56 Å². The summed E-state index contributed by atoms with van der Waals surface area (Å²) >= 11 is 6.22. The van der Waals surface area contributed by atoms with Crippen LogP contribution in [0.1, 0.15) is 10.4 Å². The van der Waals surface area contributed by atoms with Gasteiger partial charge in [0.05, 0.1) is 5.56 Å². The Bertz CT molecular complexity index is 331. The summed E-state index contributed by atoms with van der Waals surface area (Å²) < 4.78 is 14.2. The normalized spacial score (nSPS) is 9.85. The van der Waals surface area contributed by atoms with Gasteiger partial charge in [0.2, 0.25) is 0 Å². The van der Waals surface area contributed by atoms with Crippen LogP contribution in [0, 0.1) is 5.82 Å². The monoisotopic (exact) mass is 309 g/mol. The molecule has 0 fully saturated rings. The molecule has 1 amide bonds. The second kappa shape index (κ2) is 4.19. The first-order chi connectivity index (χ1) is 6.06. The first-order valence-electron chi connectivity index (χ1n) is 3.43. The molecule has 0 heterocycles. The number of hydrogen-bond acceptors (Lipinski definition) is 1. The van der Waals surface area contributed by atoms with Crippen LogP contribution in [0.2, 0.25) is 0 Å². The average Bonchev–Trinajstić information content (AvgIpc) is 2.02. The van der Waals surface area contributed by atoms with Gasteiger partial charge in [0, 0.05) is 16.0 Å². The van der Waals surface area contributed by atoms with E-state index in [0.717, 1.165) is 0 Å². The van der Waals surface area contributed by atoms with Gasteiger partial charge < -0.3 is 5.32 Å². The number of carbonyl (C=O) groups is 1. The zero-order chi connectivity index (χ0) is 10.0. The fourth-order valence-corrected chi connectivity index (χ4v) is 2.24. The van der Waals surface area contributed by atoms with Gasteiger partial charge in [0.25, 0.3) is 5.91 Å². The lowest BCUT2D eigenvalue weighted by Gasteiger charge is -2.04.